The van der Waals surface area contributed by atoms with Gasteiger partial charge < -0.3 is 56.8 Å². The average Bonchev–Trinajstić information content (AvgIpc) is 3.75. The quantitative estimate of drug-likeness (QED) is 0.245. The van der Waals surface area contributed by atoms with Gasteiger partial charge in [-0.05, 0) is 12.1 Å². The molecule has 0 aromatic heterocycles. The lowest BCUT2D eigenvalue weighted by atomic mass is 10.0. The second-order valence-corrected chi connectivity index (χ2v) is 10.7. The van der Waals surface area contributed by atoms with Crippen LogP contribution in [0.3, 0.4) is 0 Å². The lowest BCUT2D eigenvalue weighted by molar-refractivity contribution is 0.197. The summed E-state index contributed by atoms with van der Waals surface area (Å²) in [6.07, 6.45) is 0.189. The van der Waals surface area contributed by atoms with Crippen LogP contribution in [-0.2, 0) is 28.4 Å². The summed E-state index contributed by atoms with van der Waals surface area (Å²) >= 11 is 0. The molecule has 216 valence electrons. The molecule has 40 heavy (non-hydrogen) atoms. The molecule has 6 atom stereocenters. The van der Waals surface area contributed by atoms with E-state index >= 15 is 0 Å². The van der Waals surface area contributed by atoms with Crippen LogP contribution in [0.2, 0.25) is 0 Å². The first-order valence-corrected chi connectivity index (χ1v) is 13.9. The minimum Gasteiger partial charge on any atom is -0.487 e. The summed E-state index contributed by atoms with van der Waals surface area (Å²) in [5, 5.41) is 1.42. The zero-order valence-corrected chi connectivity index (χ0v) is 22.0. The summed E-state index contributed by atoms with van der Waals surface area (Å²) in [5.74, 6) is 2.98. The van der Waals surface area contributed by atoms with Crippen molar-refractivity contribution in [3.63, 3.8) is 0 Å². The van der Waals surface area contributed by atoms with Gasteiger partial charge in [0.15, 0.2) is 23.0 Å². The highest BCUT2D eigenvalue weighted by atomic mass is 16.6. The molecule has 6 unspecified atom stereocenters. The Hall–Kier alpha value is -2.74. The lowest BCUT2D eigenvalue weighted by Gasteiger charge is -2.24. The van der Waals surface area contributed by atoms with Gasteiger partial charge in [-0.1, -0.05) is 0 Å². The average molecular weight is 561 g/mol. The fraction of sp³-hybridized carbons (Fsp3) is 0.643. The third kappa shape index (κ3) is 6.12. The largest absolute Gasteiger partial charge is 0.487 e. The highest BCUT2D eigenvalue weighted by molar-refractivity contribution is 6.04. The van der Waals surface area contributed by atoms with E-state index in [1.807, 2.05) is 12.1 Å². The van der Waals surface area contributed by atoms with E-state index in [0.29, 0.717) is 119 Å². The molecule has 8 rings (SSSR count). The summed E-state index contributed by atoms with van der Waals surface area (Å²) < 4.78 is 70.8. The van der Waals surface area contributed by atoms with Crippen molar-refractivity contribution >= 4 is 10.8 Å². The fourth-order valence-electron chi connectivity index (χ4n) is 4.27. The summed E-state index contributed by atoms with van der Waals surface area (Å²) in [4.78, 5) is 0. The van der Waals surface area contributed by atoms with Gasteiger partial charge in [-0.2, -0.15) is 0 Å². The van der Waals surface area contributed by atoms with E-state index in [-0.39, 0.29) is 36.6 Å². The normalized spacial score (nSPS) is 30.4. The molecule has 6 fully saturated rings. The topological polar surface area (TPSA) is 131 Å². The Morgan fingerprint density at radius 2 is 0.775 bits per heavy atom. The van der Waals surface area contributed by atoms with Gasteiger partial charge in [0.1, 0.15) is 76.3 Å². The zero-order chi connectivity index (χ0) is 26.5. The third-order valence-electron chi connectivity index (χ3n) is 7.12. The van der Waals surface area contributed by atoms with Crippen LogP contribution in [0.5, 0.6) is 34.5 Å². The number of hydrogen-bond acceptors (Lipinski definition) is 12. The molecule has 0 amide bonds. The van der Waals surface area contributed by atoms with Crippen LogP contribution in [0.1, 0.15) is 0 Å². The number of hydrogen-bond donors (Lipinski definition) is 0. The van der Waals surface area contributed by atoms with E-state index in [1.54, 1.807) is 0 Å². The predicted molar refractivity (Wildman–Crippen MR) is 135 cm³/mol. The Bertz CT molecular complexity index is 1210. The first-order valence-electron chi connectivity index (χ1n) is 13.9. The molecule has 6 heterocycles. The van der Waals surface area contributed by atoms with Crippen LogP contribution in [0.4, 0.5) is 0 Å². The maximum absolute atomic E-state index is 6.47. The highest BCUT2D eigenvalue weighted by Crippen LogP contribution is 2.56. The van der Waals surface area contributed by atoms with Gasteiger partial charge in [-0.15, -0.1) is 0 Å². The monoisotopic (exact) mass is 560 g/mol. The van der Waals surface area contributed by atoms with E-state index < -0.39 is 0 Å². The van der Waals surface area contributed by atoms with Crippen LogP contribution in [0.15, 0.2) is 12.1 Å². The maximum atomic E-state index is 6.47. The summed E-state index contributed by atoms with van der Waals surface area (Å²) in [5.41, 5.74) is 0. The molecule has 0 aliphatic carbocycles. The van der Waals surface area contributed by atoms with Gasteiger partial charge in [0, 0.05) is 5.39 Å². The molecule has 0 N–H and O–H groups in total. The van der Waals surface area contributed by atoms with Gasteiger partial charge in [-0.3, -0.25) is 0 Å². The fourth-order valence-corrected chi connectivity index (χ4v) is 4.27. The van der Waals surface area contributed by atoms with E-state index in [2.05, 4.69) is 0 Å². The first kappa shape index (κ1) is 25.0. The number of ether oxygens (including phenoxy) is 12. The molecule has 6 saturated heterocycles. The van der Waals surface area contributed by atoms with Crippen molar-refractivity contribution in [1.82, 2.24) is 0 Å². The van der Waals surface area contributed by atoms with Crippen molar-refractivity contribution in [3.05, 3.63) is 12.1 Å². The zero-order valence-electron chi connectivity index (χ0n) is 22.0. The molecule has 6 aliphatic rings. The van der Waals surface area contributed by atoms with Crippen LogP contribution in [-0.4, -0.2) is 116 Å². The van der Waals surface area contributed by atoms with Gasteiger partial charge in [-0.25, -0.2) is 0 Å². The molecular weight excluding hydrogens is 528 g/mol. The van der Waals surface area contributed by atoms with Gasteiger partial charge >= 0.3 is 0 Å². The molecule has 0 saturated carbocycles. The Labute approximate surface area is 230 Å². The van der Waals surface area contributed by atoms with Crippen molar-refractivity contribution < 1.29 is 56.8 Å². The molecule has 2 aromatic rings. The first-order chi connectivity index (χ1) is 19.8. The van der Waals surface area contributed by atoms with Crippen LogP contribution < -0.4 is 28.4 Å². The highest BCUT2D eigenvalue weighted by Gasteiger charge is 2.36. The Morgan fingerprint density at radius 1 is 0.425 bits per heavy atom. The van der Waals surface area contributed by atoms with Crippen LogP contribution >= 0.6 is 0 Å². The smallest absolute Gasteiger partial charge is 0.208 e. The lowest BCUT2D eigenvalue weighted by Crippen LogP contribution is -2.15. The molecule has 2 aromatic carbocycles. The Kier molecular flexibility index (Phi) is 6.62. The molecule has 0 bridgehead atoms. The Morgan fingerprint density at radius 3 is 1.23 bits per heavy atom. The summed E-state index contributed by atoms with van der Waals surface area (Å²) in [6.45, 7) is 6.14. The third-order valence-corrected chi connectivity index (χ3v) is 7.12. The second kappa shape index (κ2) is 10.6. The standard InChI is InChI=1S/C28H32O12/c1-2-22(35-9-15-3-29-15)25(37-11-17-5-31-17)23-21(1)24(36-10-16-4-30-16)27(39-13-19-7-33-19)28(40-14-20-8-34-20)26(23)38-12-18-6-32-18/h1-2,15-20H,3-14H2. The minimum absolute atomic E-state index is 0.00936. The van der Waals surface area contributed by atoms with E-state index in [4.69, 9.17) is 56.8 Å². The molecule has 0 spiro atoms. The van der Waals surface area contributed by atoms with Crippen molar-refractivity contribution in [2.24, 2.45) is 0 Å². The van der Waals surface area contributed by atoms with E-state index in [1.165, 1.54) is 0 Å². The van der Waals surface area contributed by atoms with Gasteiger partial charge in [0.2, 0.25) is 11.5 Å². The second-order valence-electron chi connectivity index (χ2n) is 10.7. The van der Waals surface area contributed by atoms with Crippen molar-refractivity contribution in [1.29, 1.82) is 0 Å². The number of benzene rings is 2. The van der Waals surface area contributed by atoms with Crippen LogP contribution in [0, 0.1) is 0 Å². The van der Waals surface area contributed by atoms with Crippen molar-refractivity contribution in [2.75, 3.05) is 79.3 Å². The molecule has 6 aliphatic heterocycles. The number of epoxide rings is 6. The van der Waals surface area contributed by atoms with Gasteiger partial charge in [0.25, 0.3) is 0 Å². The molecule has 0 radical (unpaired) electrons. The molecule has 12 heteroatoms. The predicted octanol–water partition coefficient (Wildman–Crippen LogP) is 1.51. The summed E-state index contributed by atoms with van der Waals surface area (Å²) in [6, 6.07) is 3.82. The van der Waals surface area contributed by atoms with E-state index in [9.17, 15) is 0 Å². The minimum atomic E-state index is 0.00936. The SMILES string of the molecule is c1cc2c(OCC3CO3)c(OCC3CO3)c(OCC3CO3)c(OCC3CO3)c2c(OCC2CO2)c1OCC1CO1. The maximum Gasteiger partial charge on any atom is 0.208 e. The van der Waals surface area contributed by atoms with E-state index in [0.717, 1.165) is 5.39 Å². The summed E-state index contributed by atoms with van der Waals surface area (Å²) in [7, 11) is 0. The number of fused-ring (bicyclic) bond motifs is 1. The Balaban J connectivity index is 1.27. The van der Waals surface area contributed by atoms with Gasteiger partial charge in [0.05, 0.1) is 45.0 Å². The number of rotatable bonds is 18. The van der Waals surface area contributed by atoms with Crippen molar-refractivity contribution in [2.45, 2.75) is 36.6 Å². The van der Waals surface area contributed by atoms with Crippen LogP contribution in [0.25, 0.3) is 10.8 Å². The van der Waals surface area contributed by atoms with Crippen molar-refractivity contribution in [3.8, 4) is 34.5 Å². The molecule has 12 nitrogen and oxygen atoms in total. The molecular formula is C28H32O12.